The molecule has 0 aromatic heterocycles. The molecule has 0 saturated heterocycles. The number of fused-ring (bicyclic) bond motifs is 3. The highest BCUT2D eigenvalue weighted by Crippen LogP contribution is 2.54. The SMILES string of the molecule is CN(C)c1cc(NC(=O)Cc2ccc(Br)cc2)c(O)c2c1CC1CC3[C@H](N(C)C)C(=O)C(C(N)=O)C(=O)[C@@]3(O)C(O)C1C2=O. The summed E-state index contributed by atoms with van der Waals surface area (Å²) >= 11 is 3.35. The number of Topliss-reactive ketones (excluding diaryl/α,β-unsaturated/α-hetero) is 3. The van der Waals surface area contributed by atoms with Gasteiger partial charge < -0.3 is 31.3 Å². The largest absolute Gasteiger partial charge is 0.505 e. The number of carbonyl (C=O) groups is 5. The summed E-state index contributed by atoms with van der Waals surface area (Å²) in [5, 5.41) is 37.6. The van der Waals surface area contributed by atoms with Crippen molar-refractivity contribution in [2.75, 3.05) is 38.4 Å². The van der Waals surface area contributed by atoms with E-state index < -0.39 is 76.3 Å². The molecule has 0 heterocycles. The number of primary amides is 1. The van der Waals surface area contributed by atoms with Gasteiger partial charge in [0.1, 0.15) is 11.9 Å². The highest BCUT2D eigenvalue weighted by Gasteiger charge is 2.69. The maximum absolute atomic E-state index is 14.2. The van der Waals surface area contributed by atoms with E-state index in [1.165, 1.54) is 4.90 Å². The lowest BCUT2D eigenvalue weighted by Crippen LogP contribution is -2.75. The first kappa shape index (κ1) is 31.8. The average molecular weight is 672 g/mol. The minimum absolute atomic E-state index is 0.00177. The van der Waals surface area contributed by atoms with E-state index in [-0.39, 0.29) is 30.5 Å². The van der Waals surface area contributed by atoms with Crippen LogP contribution in [0.15, 0.2) is 34.8 Å². The predicted octanol–water partition coefficient (Wildman–Crippen LogP) is 0.669. The van der Waals surface area contributed by atoms with Crippen molar-refractivity contribution in [3.8, 4) is 5.75 Å². The van der Waals surface area contributed by atoms with Gasteiger partial charge in [0.2, 0.25) is 11.8 Å². The Morgan fingerprint density at radius 3 is 2.32 bits per heavy atom. The number of phenolic OH excluding ortho intramolecular Hbond substituents is 1. The van der Waals surface area contributed by atoms with Gasteiger partial charge in [0.15, 0.2) is 28.9 Å². The van der Waals surface area contributed by atoms with Crippen molar-refractivity contribution in [3.63, 3.8) is 0 Å². The first-order chi connectivity index (χ1) is 20.6. The van der Waals surface area contributed by atoms with E-state index >= 15 is 0 Å². The smallest absolute Gasteiger partial charge is 0.235 e. The Morgan fingerprint density at radius 1 is 1.11 bits per heavy atom. The second kappa shape index (κ2) is 11.4. The van der Waals surface area contributed by atoms with Crippen LogP contribution in [0.25, 0.3) is 0 Å². The third kappa shape index (κ3) is 4.91. The number of aliphatic hydroxyl groups excluding tert-OH is 1. The summed E-state index contributed by atoms with van der Waals surface area (Å²) in [4.78, 5) is 69.4. The lowest BCUT2D eigenvalue weighted by Gasteiger charge is -2.56. The average Bonchev–Trinajstić information content (AvgIpc) is 2.93. The number of rotatable bonds is 6. The van der Waals surface area contributed by atoms with Crippen molar-refractivity contribution >= 4 is 56.5 Å². The van der Waals surface area contributed by atoms with Gasteiger partial charge in [0.05, 0.1) is 29.6 Å². The van der Waals surface area contributed by atoms with Crippen molar-refractivity contribution in [2.24, 2.45) is 29.4 Å². The van der Waals surface area contributed by atoms with E-state index in [1.807, 2.05) is 0 Å². The molecular formula is C31H35BrN4O8. The van der Waals surface area contributed by atoms with Gasteiger partial charge >= 0.3 is 0 Å². The van der Waals surface area contributed by atoms with Crippen LogP contribution in [0.3, 0.4) is 0 Å². The van der Waals surface area contributed by atoms with Crippen molar-refractivity contribution < 1.29 is 39.3 Å². The highest BCUT2D eigenvalue weighted by molar-refractivity contribution is 9.10. The van der Waals surface area contributed by atoms with Crippen LogP contribution in [0.2, 0.25) is 0 Å². The zero-order valence-electron chi connectivity index (χ0n) is 24.7. The summed E-state index contributed by atoms with van der Waals surface area (Å²) in [6.07, 6.45) is -1.81. The first-order valence-electron chi connectivity index (χ1n) is 14.2. The second-order valence-electron chi connectivity index (χ2n) is 12.4. The van der Waals surface area contributed by atoms with Crippen LogP contribution in [-0.4, -0.2) is 95.3 Å². The lowest BCUT2D eigenvalue weighted by molar-refractivity contribution is -0.203. The number of hydrogen-bond acceptors (Lipinski definition) is 10. The van der Waals surface area contributed by atoms with Gasteiger partial charge in [-0.15, -0.1) is 0 Å². The Hall–Kier alpha value is -3.65. The van der Waals surface area contributed by atoms with Crippen molar-refractivity contribution in [2.45, 2.75) is 37.0 Å². The molecule has 5 rings (SSSR count). The first-order valence-corrected chi connectivity index (χ1v) is 15.0. The van der Waals surface area contributed by atoms with Gasteiger partial charge in [-0.2, -0.15) is 0 Å². The third-order valence-corrected chi connectivity index (χ3v) is 9.84. The van der Waals surface area contributed by atoms with E-state index in [2.05, 4.69) is 21.2 Å². The van der Waals surface area contributed by atoms with E-state index in [1.54, 1.807) is 63.4 Å². The molecule has 0 aliphatic heterocycles. The Morgan fingerprint density at radius 2 is 1.75 bits per heavy atom. The van der Waals surface area contributed by atoms with Gasteiger partial charge in [0, 0.05) is 30.2 Å². The fourth-order valence-corrected chi connectivity index (χ4v) is 7.62. The van der Waals surface area contributed by atoms with E-state index in [4.69, 9.17) is 5.73 Å². The van der Waals surface area contributed by atoms with Crippen molar-refractivity contribution in [1.29, 1.82) is 0 Å². The van der Waals surface area contributed by atoms with Gasteiger partial charge in [-0.25, -0.2) is 0 Å². The zero-order valence-corrected chi connectivity index (χ0v) is 26.3. The third-order valence-electron chi connectivity index (χ3n) is 9.31. The molecule has 44 heavy (non-hydrogen) atoms. The molecule has 12 nitrogen and oxygen atoms in total. The fraction of sp³-hybridized carbons (Fsp3) is 0.452. The monoisotopic (exact) mass is 670 g/mol. The summed E-state index contributed by atoms with van der Waals surface area (Å²) in [6.45, 7) is 0. The number of likely N-dealkylation sites (N-methyl/N-ethyl adjacent to an activating group) is 1. The zero-order chi connectivity index (χ0) is 32.4. The summed E-state index contributed by atoms with van der Waals surface area (Å²) < 4.78 is 0.853. The molecule has 13 heteroatoms. The summed E-state index contributed by atoms with van der Waals surface area (Å²) in [7, 11) is 6.61. The molecule has 2 fully saturated rings. The number of nitrogens with one attached hydrogen (secondary N) is 1. The molecule has 0 spiro atoms. The number of carbonyl (C=O) groups excluding carboxylic acids is 5. The number of phenols is 1. The molecule has 2 aromatic rings. The van der Waals surface area contributed by atoms with E-state index in [9.17, 15) is 39.3 Å². The Kier molecular flexibility index (Phi) is 8.21. The quantitative estimate of drug-likeness (QED) is 0.216. The van der Waals surface area contributed by atoms with Gasteiger partial charge in [-0.05, 0) is 62.2 Å². The van der Waals surface area contributed by atoms with Crippen molar-refractivity contribution in [1.82, 2.24) is 4.90 Å². The van der Waals surface area contributed by atoms with Crippen LogP contribution >= 0.6 is 15.9 Å². The molecule has 5 unspecified atom stereocenters. The Balaban J connectivity index is 1.56. The molecule has 7 atom stereocenters. The molecule has 6 N–H and O–H groups in total. The van der Waals surface area contributed by atoms with Crippen LogP contribution in [0.5, 0.6) is 5.75 Å². The van der Waals surface area contributed by atoms with Crippen LogP contribution in [0, 0.1) is 23.7 Å². The second-order valence-corrected chi connectivity index (χ2v) is 13.3. The number of aromatic hydroxyl groups is 1. The number of benzene rings is 2. The summed E-state index contributed by atoms with van der Waals surface area (Å²) in [6, 6.07) is 7.60. The fourth-order valence-electron chi connectivity index (χ4n) is 7.36. The lowest BCUT2D eigenvalue weighted by atomic mass is 9.51. The number of nitrogens with zero attached hydrogens (tertiary/aromatic N) is 2. The minimum atomic E-state index is -2.62. The van der Waals surface area contributed by atoms with Crippen LogP contribution < -0.4 is 16.0 Å². The standard InChI is InChI=1S/C31H35BrN4O8/c1-35(2)19-12-18(34-20(37)9-13-5-7-15(32)8-6-13)25(38)22-16(19)10-14-11-17-24(36(3)4)27(40)23(30(33)43)29(42)31(17,44)28(41)21(14)26(22)39/h5-8,12,14,17,21,23-24,28,38,41,44H,9-11H2,1-4H3,(H2,33,43)(H,34,37)/t14?,17?,21?,23?,24-,28?,31-/m0/s1. The number of nitrogens with two attached hydrogens (primary N) is 1. The van der Waals surface area contributed by atoms with Gasteiger partial charge in [-0.1, -0.05) is 28.1 Å². The summed E-state index contributed by atoms with van der Waals surface area (Å²) in [5.74, 6) is -9.94. The molecule has 234 valence electrons. The molecule has 3 aliphatic rings. The minimum Gasteiger partial charge on any atom is -0.505 e. The number of anilines is 2. The van der Waals surface area contributed by atoms with Gasteiger partial charge in [0.25, 0.3) is 0 Å². The van der Waals surface area contributed by atoms with E-state index in [0.717, 1.165) is 10.0 Å². The molecule has 3 aliphatic carbocycles. The maximum Gasteiger partial charge on any atom is 0.235 e. The Bertz CT molecular complexity index is 1580. The van der Waals surface area contributed by atoms with E-state index in [0.29, 0.717) is 11.3 Å². The molecule has 0 bridgehead atoms. The van der Waals surface area contributed by atoms with Crippen molar-refractivity contribution in [3.05, 3.63) is 51.5 Å². The Labute approximate surface area is 262 Å². The molecule has 2 amide bonds. The number of aliphatic hydroxyl groups is 2. The van der Waals surface area contributed by atoms with Crippen LogP contribution in [0.1, 0.15) is 27.9 Å². The highest BCUT2D eigenvalue weighted by atomic mass is 79.9. The predicted molar refractivity (Wildman–Crippen MR) is 163 cm³/mol. The summed E-state index contributed by atoms with van der Waals surface area (Å²) in [5.41, 5.74) is 4.40. The van der Waals surface area contributed by atoms with Crippen LogP contribution in [-0.2, 0) is 32.0 Å². The number of halogens is 1. The van der Waals surface area contributed by atoms with Gasteiger partial charge in [-0.3, -0.25) is 28.9 Å². The molecule has 2 saturated carbocycles. The number of amides is 2. The number of ketones is 3. The molecule has 2 aromatic carbocycles. The van der Waals surface area contributed by atoms with Crippen LogP contribution in [0.4, 0.5) is 11.4 Å². The topological polar surface area (TPSA) is 191 Å². The normalized spacial score (nSPS) is 29.5. The maximum atomic E-state index is 14.2. The molecular weight excluding hydrogens is 636 g/mol. The molecule has 0 radical (unpaired) electrons. The number of hydrogen-bond donors (Lipinski definition) is 5.